The van der Waals surface area contributed by atoms with E-state index in [4.69, 9.17) is 0 Å². The summed E-state index contributed by atoms with van der Waals surface area (Å²) in [5.41, 5.74) is -0.475. The standard InChI is InChI=1S/C14H21BrOS/c1-10(2)13-5-3-4-6-14(13,16)8-12-7-11(15)9-17-12/h7,9-10,13,16H,3-6,8H2,1-2H3. The lowest BCUT2D eigenvalue weighted by molar-refractivity contribution is -0.0647. The summed E-state index contributed by atoms with van der Waals surface area (Å²) in [5.74, 6) is 1.03. The van der Waals surface area contributed by atoms with Crippen LogP contribution in [-0.4, -0.2) is 10.7 Å². The van der Waals surface area contributed by atoms with E-state index in [9.17, 15) is 5.11 Å². The molecule has 0 bridgehead atoms. The van der Waals surface area contributed by atoms with Crippen molar-refractivity contribution in [2.45, 2.75) is 51.6 Å². The largest absolute Gasteiger partial charge is 0.389 e. The smallest absolute Gasteiger partial charge is 0.0726 e. The molecule has 1 N–H and O–H groups in total. The summed E-state index contributed by atoms with van der Waals surface area (Å²) >= 11 is 5.24. The average molecular weight is 317 g/mol. The Labute approximate surface area is 116 Å². The molecule has 0 aliphatic heterocycles. The second-order valence-corrected chi connectivity index (χ2v) is 7.52. The van der Waals surface area contributed by atoms with Crippen molar-refractivity contribution < 1.29 is 5.11 Å². The molecule has 96 valence electrons. The molecule has 1 aliphatic carbocycles. The van der Waals surface area contributed by atoms with Gasteiger partial charge in [0.15, 0.2) is 0 Å². The SMILES string of the molecule is CC(C)C1CCCCC1(O)Cc1cc(Br)cs1. The van der Waals surface area contributed by atoms with E-state index < -0.39 is 5.60 Å². The van der Waals surface area contributed by atoms with Crippen molar-refractivity contribution in [1.82, 2.24) is 0 Å². The minimum absolute atomic E-state index is 0.456. The van der Waals surface area contributed by atoms with Crippen LogP contribution in [0.4, 0.5) is 0 Å². The van der Waals surface area contributed by atoms with Crippen LogP contribution in [0.15, 0.2) is 15.9 Å². The molecule has 17 heavy (non-hydrogen) atoms. The molecule has 1 aromatic heterocycles. The number of rotatable bonds is 3. The van der Waals surface area contributed by atoms with E-state index >= 15 is 0 Å². The van der Waals surface area contributed by atoms with Crippen LogP contribution in [0, 0.1) is 11.8 Å². The number of hydrogen-bond acceptors (Lipinski definition) is 2. The molecule has 0 saturated heterocycles. The van der Waals surface area contributed by atoms with Crippen molar-refractivity contribution in [1.29, 1.82) is 0 Å². The lowest BCUT2D eigenvalue weighted by Gasteiger charge is -2.42. The van der Waals surface area contributed by atoms with Gasteiger partial charge in [-0.2, -0.15) is 0 Å². The molecule has 1 fully saturated rings. The molecule has 2 rings (SSSR count). The van der Waals surface area contributed by atoms with Crippen LogP contribution in [0.25, 0.3) is 0 Å². The highest BCUT2D eigenvalue weighted by molar-refractivity contribution is 9.10. The Morgan fingerprint density at radius 2 is 2.29 bits per heavy atom. The molecule has 0 radical (unpaired) electrons. The van der Waals surface area contributed by atoms with Crippen molar-refractivity contribution in [3.63, 3.8) is 0 Å². The van der Waals surface area contributed by atoms with E-state index in [1.54, 1.807) is 11.3 Å². The molecule has 1 nitrogen and oxygen atoms in total. The van der Waals surface area contributed by atoms with E-state index in [1.807, 2.05) is 0 Å². The first-order valence-corrected chi connectivity index (χ1v) is 8.14. The number of thiophene rings is 1. The van der Waals surface area contributed by atoms with Gasteiger partial charge in [0.05, 0.1) is 5.60 Å². The van der Waals surface area contributed by atoms with Gasteiger partial charge in [0.25, 0.3) is 0 Å². The van der Waals surface area contributed by atoms with Crippen LogP contribution in [0.2, 0.25) is 0 Å². The van der Waals surface area contributed by atoms with Crippen molar-refractivity contribution in [2.75, 3.05) is 0 Å². The second kappa shape index (κ2) is 5.41. The zero-order valence-corrected chi connectivity index (χ0v) is 13.0. The van der Waals surface area contributed by atoms with Gasteiger partial charge in [0, 0.05) is 21.2 Å². The average Bonchev–Trinajstić information content (AvgIpc) is 2.63. The van der Waals surface area contributed by atoms with Crippen molar-refractivity contribution in [3.8, 4) is 0 Å². The van der Waals surface area contributed by atoms with Gasteiger partial charge >= 0.3 is 0 Å². The van der Waals surface area contributed by atoms with Crippen LogP contribution >= 0.6 is 27.3 Å². The Bertz CT molecular complexity index is 374. The van der Waals surface area contributed by atoms with Crippen molar-refractivity contribution in [3.05, 3.63) is 20.8 Å². The third-order valence-corrected chi connectivity index (χ3v) is 5.67. The van der Waals surface area contributed by atoms with Crippen molar-refractivity contribution in [2.24, 2.45) is 11.8 Å². The van der Waals surface area contributed by atoms with Crippen LogP contribution in [0.1, 0.15) is 44.4 Å². The summed E-state index contributed by atoms with van der Waals surface area (Å²) in [6, 6.07) is 2.15. The molecule has 0 spiro atoms. The topological polar surface area (TPSA) is 20.2 Å². The zero-order valence-electron chi connectivity index (χ0n) is 10.6. The Morgan fingerprint density at radius 3 is 2.88 bits per heavy atom. The summed E-state index contributed by atoms with van der Waals surface area (Å²) in [4.78, 5) is 1.30. The highest BCUT2D eigenvalue weighted by Crippen LogP contribution is 2.41. The fourth-order valence-electron chi connectivity index (χ4n) is 3.17. The predicted molar refractivity (Wildman–Crippen MR) is 77.5 cm³/mol. The molecular weight excluding hydrogens is 296 g/mol. The molecule has 1 heterocycles. The fourth-order valence-corrected chi connectivity index (χ4v) is 4.74. The molecule has 1 aromatic rings. The summed E-state index contributed by atoms with van der Waals surface area (Å²) < 4.78 is 1.14. The maximum atomic E-state index is 11.0. The first-order valence-electron chi connectivity index (χ1n) is 6.46. The van der Waals surface area contributed by atoms with Crippen LogP contribution in [0.5, 0.6) is 0 Å². The Hall–Kier alpha value is 0.140. The predicted octanol–water partition coefficient (Wildman–Crippen LogP) is 4.63. The van der Waals surface area contributed by atoms with E-state index in [2.05, 4.69) is 41.2 Å². The minimum Gasteiger partial charge on any atom is -0.389 e. The van der Waals surface area contributed by atoms with Gasteiger partial charge in [-0.05, 0) is 46.7 Å². The Kier molecular flexibility index (Phi) is 4.32. The summed E-state index contributed by atoms with van der Waals surface area (Å²) in [6.45, 7) is 4.48. The summed E-state index contributed by atoms with van der Waals surface area (Å²) in [6.07, 6.45) is 5.42. The summed E-state index contributed by atoms with van der Waals surface area (Å²) in [7, 11) is 0. The molecule has 2 atom stereocenters. The van der Waals surface area contributed by atoms with E-state index in [0.29, 0.717) is 11.8 Å². The fraction of sp³-hybridized carbons (Fsp3) is 0.714. The second-order valence-electron chi connectivity index (χ2n) is 5.61. The maximum Gasteiger partial charge on any atom is 0.0726 e. The Balaban J connectivity index is 2.14. The van der Waals surface area contributed by atoms with E-state index in [0.717, 1.165) is 17.3 Å². The van der Waals surface area contributed by atoms with Gasteiger partial charge < -0.3 is 5.11 Å². The van der Waals surface area contributed by atoms with Gasteiger partial charge in [0.2, 0.25) is 0 Å². The first-order chi connectivity index (χ1) is 8.01. The van der Waals surface area contributed by atoms with Gasteiger partial charge in [-0.3, -0.25) is 0 Å². The van der Waals surface area contributed by atoms with Crippen LogP contribution < -0.4 is 0 Å². The lowest BCUT2D eigenvalue weighted by atomic mass is 9.68. The third kappa shape index (κ3) is 3.12. The highest BCUT2D eigenvalue weighted by atomic mass is 79.9. The van der Waals surface area contributed by atoms with Gasteiger partial charge in [0.1, 0.15) is 0 Å². The normalized spacial score (nSPS) is 29.8. The van der Waals surface area contributed by atoms with E-state index in [-0.39, 0.29) is 0 Å². The van der Waals surface area contributed by atoms with Gasteiger partial charge in [-0.25, -0.2) is 0 Å². The Morgan fingerprint density at radius 1 is 1.53 bits per heavy atom. The number of hydrogen-bond donors (Lipinski definition) is 1. The van der Waals surface area contributed by atoms with Gasteiger partial charge in [-0.1, -0.05) is 26.7 Å². The first kappa shape index (κ1) is 13.6. The lowest BCUT2D eigenvalue weighted by Crippen LogP contribution is -2.44. The maximum absolute atomic E-state index is 11.0. The minimum atomic E-state index is -0.475. The van der Waals surface area contributed by atoms with E-state index in [1.165, 1.54) is 24.1 Å². The summed E-state index contributed by atoms with van der Waals surface area (Å²) in [5, 5.41) is 13.1. The van der Waals surface area contributed by atoms with Crippen LogP contribution in [0.3, 0.4) is 0 Å². The molecular formula is C14H21BrOS. The number of aliphatic hydroxyl groups is 1. The molecule has 0 amide bonds. The molecule has 1 saturated carbocycles. The molecule has 2 unspecified atom stereocenters. The molecule has 0 aromatic carbocycles. The van der Waals surface area contributed by atoms with Crippen LogP contribution in [-0.2, 0) is 6.42 Å². The highest BCUT2D eigenvalue weighted by Gasteiger charge is 2.40. The van der Waals surface area contributed by atoms with Crippen molar-refractivity contribution >= 4 is 27.3 Å². The zero-order chi connectivity index (χ0) is 12.5. The van der Waals surface area contributed by atoms with Gasteiger partial charge in [-0.15, -0.1) is 11.3 Å². The third-order valence-electron chi connectivity index (χ3n) is 3.97. The quantitative estimate of drug-likeness (QED) is 0.862. The molecule has 1 aliphatic rings. The molecule has 3 heteroatoms. The monoisotopic (exact) mass is 316 g/mol. The number of halogens is 1.